The van der Waals surface area contributed by atoms with Crippen LogP contribution >= 0.6 is 0 Å². The summed E-state index contributed by atoms with van der Waals surface area (Å²) in [4.78, 5) is 21.3. The third kappa shape index (κ3) is 2.11. The lowest BCUT2D eigenvalue weighted by Gasteiger charge is -2.48. The van der Waals surface area contributed by atoms with Crippen molar-refractivity contribution in [2.45, 2.75) is 26.4 Å². The fraction of sp³-hybridized carbons (Fsp3) is 0.318. The molecule has 2 aliphatic heterocycles. The van der Waals surface area contributed by atoms with E-state index < -0.39 is 0 Å². The zero-order chi connectivity index (χ0) is 17.8. The molecule has 4 nitrogen and oxygen atoms in total. The molecule has 26 heavy (non-hydrogen) atoms. The Balaban J connectivity index is 1.73. The van der Waals surface area contributed by atoms with E-state index in [1.165, 1.54) is 16.6 Å². The van der Waals surface area contributed by atoms with Crippen molar-refractivity contribution >= 4 is 22.5 Å². The molecule has 0 radical (unpaired) electrons. The van der Waals surface area contributed by atoms with E-state index in [0.29, 0.717) is 5.92 Å². The largest absolute Gasteiger partial charge is 0.355 e. The average molecular weight is 345 g/mol. The molecule has 0 bridgehead atoms. The van der Waals surface area contributed by atoms with Crippen LogP contribution in [0.15, 0.2) is 48.5 Å². The van der Waals surface area contributed by atoms with E-state index in [0.717, 1.165) is 36.3 Å². The monoisotopic (exact) mass is 345 g/mol. The Labute approximate surface area is 153 Å². The van der Waals surface area contributed by atoms with Crippen LogP contribution in [0, 0.1) is 5.92 Å². The van der Waals surface area contributed by atoms with E-state index in [4.69, 9.17) is 0 Å². The molecule has 132 valence electrons. The molecule has 1 unspecified atom stereocenters. The number of anilines is 1. The number of nitrogens with one attached hydrogen (secondary N) is 1. The number of hydrogen-bond donors (Lipinski definition) is 1. The van der Waals surface area contributed by atoms with Gasteiger partial charge in [0, 0.05) is 24.0 Å². The van der Waals surface area contributed by atoms with Crippen molar-refractivity contribution in [3.8, 4) is 0 Å². The Morgan fingerprint density at radius 3 is 2.73 bits per heavy atom. The number of rotatable bonds is 2. The van der Waals surface area contributed by atoms with E-state index >= 15 is 0 Å². The minimum absolute atomic E-state index is 0.0454. The molecule has 2 aliphatic rings. The number of carbonyl (C=O) groups excluding carboxylic acids is 1. The number of benzene rings is 2. The predicted octanol–water partition coefficient (Wildman–Crippen LogP) is 4.34. The first-order valence-corrected chi connectivity index (χ1v) is 9.41. The first-order chi connectivity index (χ1) is 12.6. The number of fused-ring (bicyclic) bond motifs is 6. The van der Waals surface area contributed by atoms with Gasteiger partial charge in [-0.05, 0) is 36.1 Å². The minimum Gasteiger partial charge on any atom is -0.355 e. The molecule has 0 saturated carbocycles. The number of hydrogen-bond acceptors (Lipinski definition) is 2. The maximum absolute atomic E-state index is 13.2. The maximum atomic E-state index is 13.2. The minimum atomic E-state index is -0.0454. The van der Waals surface area contributed by atoms with Gasteiger partial charge in [0.15, 0.2) is 0 Å². The summed E-state index contributed by atoms with van der Waals surface area (Å²) in [5.41, 5.74) is 5.59. The molecule has 3 aromatic rings. The molecule has 0 saturated heterocycles. The quantitative estimate of drug-likeness (QED) is 0.750. The predicted molar refractivity (Wildman–Crippen MR) is 104 cm³/mol. The van der Waals surface area contributed by atoms with E-state index in [-0.39, 0.29) is 12.1 Å². The summed E-state index contributed by atoms with van der Waals surface area (Å²) in [7, 11) is 0. The maximum Gasteiger partial charge on any atom is 0.257 e. The number of para-hydroxylation sites is 2. The Hall–Kier alpha value is -2.75. The summed E-state index contributed by atoms with van der Waals surface area (Å²) in [5, 5.41) is 1.29. The van der Waals surface area contributed by atoms with Crippen LogP contribution in [0.1, 0.15) is 41.6 Å². The second kappa shape index (κ2) is 5.63. The normalized spacial score (nSPS) is 18.9. The van der Waals surface area contributed by atoms with Crippen LogP contribution in [0.2, 0.25) is 0 Å². The van der Waals surface area contributed by atoms with Gasteiger partial charge in [-0.25, -0.2) is 0 Å². The lowest BCUT2D eigenvalue weighted by atomic mass is 9.95. The van der Waals surface area contributed by atoms with Gasteiger partial charge in [-0.3, -0.25) is 4.79 Å². The SMILES string of the molecule is CC(C)CN1c2ccccc2C(=O)N2CCc3c([nH]c4ccccc34)C21. The van der Waals surface area contributed by atoms with Crippen LogP contribution in [-0.2, 0) is 6.42 Å². The number of nitrogens with zero attached hydrogens (tertiary/aromatic N) is 2. The van der Waals surface area contributed by atoms with Crippen molar-refractivity contribution in [2.24, 2.45) is 5.92 Å². The number of carbonyl (C=O) groups is 1. The highest BCUT2D eigenvalue weighted by molar-refractivity contribution is 6.02. The van der Waals surface area contributed by atoms with Crippen molar-refractivity contribution in [1.82, 2.24) is 9.88 Å². The number of H-pyrrole nitrogens is 1. The van der Waals surface area contributed by atoms with Crippen LogP contribution in [0.4, 0.5) is 5.69 Å². The van der Waals surface area contributed by atoms with E-state index in [1.807, 2.05) is 23.1 Å². The van der Waals surface area contributed by atoms with Gasteiger partial charge >= 0.3 is 0 Å². The van der Waals surface area contributed by atoms with Gasteiger partial charge in [-0.15, -0.1) is 0 Å². The Morgan fingerprint density at radius 1 is 1.12 bits per heavy atom. The third-order valence-electron chi connectivity index (χ3n) is 5.56. The summed E-state index contributed by atoms with van der Waals surface area (Å²) in [6.07, 6.45) is 0.857. The van der Waals surface area contributed by atoms with Gasteiger partial charge in [0.05, 0.1) is 16.9 Å². The van der Waals surface area contributed by atoms with E-state index in [2.05, 4.69) is 54.1 Å². The standard InChI is InChI=1S/C22H23N3O/c1-14(2)13-25-19-10-6-4-8-17(19)22(26)24-12-11-16-15-7-3-5-9-18(15)23-20(16)21(24)25/h3-10,14,21,23H,11-13H2,1-2H3. The Bertz CT molecular complexity index is 1000. The zero-order valence-corrected chi connectivity index (χ0v) is 15.2. The molecule has 3 heterocycles. The molecule has 1 amide bonds. The van der Waals surface area contributed by atoms with Gasteiger partial charge in [0.1, 0.15) is 6.17 Å². The molecular formula is C22H23N3O. The topological polar surface area (TPSA) is 39.3 Å². The lowest BCUT2D eigenvalue weighted by molar-refractivity contribution is 0.0624. The van der Waals surface area contributed by atoms with Crippen LogP contribution < -0.4 is 4.90 Å². The zero-order valence-electron chi connectivity index (χ0n) is 15.2. The summed E-state index contributed by atoms with van der Waals surface area (Å²) in [6.45, 7) is 6.15. The molecule has 0 aliphatic carbocycles. The van der Waals surface area contributed by atoms with Crippen molar-refractivity contribution in [1.29, 1.82) is 0 Å². The summed E-state index contributed by atoms with van der Waals surface area (Å²) < 4.78 is 0. The molecule has 0 spiro atoms. The number of amides is 1. The highest BCUT2D eigenvalue weighted by Gasteiger charge is 2.42. The van der Waals surface area contributed by atoms with Crippen molar-refractivity contribution in [2.75, 3.05) is 18.0 Å². The molecule has 1 atom stereocenters. The third-order valence-corrected chi connectivity index (χ3v) is 5.56. The van der Waals surface area contributed by atoms with Gasteiger partial charge in [-0.2, -0.15) is 0 Å². The summed E-state index contributed by atoms with van der Waals surface area (Å²) in [6, 6.07) is 16.5. The molecule has 5 rings (SSSR count). The van der Waals surface area contributed by atoms with Gasteiger partial charge < -0.3 is 14.8 Å². The summed E-state index contributed by atoms with van der Waals surface area (Å²) >= 11 is 0. The summed E-state index contributed by atoms with van der Waals surface area (Å²) in [5.74, 6) is 0.655. The van der Waals surface area contributed by atoms with Gasteiger partial charge in [0.2, 0.25) is 0 Å². The lowest BCUT2D eigenvalue weighted by Crippen LogP contribution is -2.53. The second-order valence-corrected chi connectivity index (χ2v) is 7.75. The molecule has 4 heteroatoms. The molecule has 0 fully saturated rings. The smallest absolute Gasteiger partial charge is 0.257 e. The van der Waals surface area contributed by atoms with Crippen molar-refractivity contribution < 1.29 is 4.79 Å². The van der Waals surface area contributed by atoms with Crippen LogP contribution in [0.5, 0.6) is 0 Å². The van der Waals surface area contributed by atoms with Gasteiger partial charge in [0.25, 0.3) is 5.91 Å². The van der Waals surface area contributed by atoms with E-state index in [9.17, 15) is 4.79 Å². The fourth-order valence-corrected chi connectivity index (χ4v) is 4.54. The number of aromatic amines is 1. The van der Waals surface area contributed by atoms with Crippen LogP contribution in [-0.4, -0.2) is 28.9 Å². The van der Waals surface area contributed by atoms with Crippen LogP contribution in [0.3, 0.4) is 0 Å². The molecule has 2 aromatic carbocycles. The Morgan fingerprint density at radius 2 is 1.88 bits per heavy atom. The van der Waals surface area contributed by atoms with Crippen LogP contribution in [0.25, 0.3) is 10.9 Å². The first kappa shape index (κ1) is 15.5. The van der Waals surface area contributed by atoms with E-state index in [1.54, 1.807) is 0 Å². The fourth-order valence-electron chi connectivity index (χ4n) is 4.54. The number of aromatic nitrogens is 1. The van der Waals surface area contributed by atoms with Gasteiger partial charge in [-0.1, -0.05) is 44.2 Å². The molecule has 1 N–H and O–H groups in total. The second-order valence-electron chi connectivity index (χ2n) is 7.75. The van der Waals surface area contributed by atoms with Crippen molar-refractivity contribution in [3.05, 3.63) is 65.4 Å². The molecular weight excluding hydrogens is 322 g/mol. The van der Waals surface area contributed by atoms with Crippen molar-refractivity contribution in [3.63, 3.8) is 0 Å². The Kier molecular flexibility index (Phi) is 3.36. The molecule has 1 aromatic heterocycles. The highest BCUT2D eigenvalue weighted by Crippen LogP contribution is 2.43. The first-order valence-electron chi connectivity index (χ1n) is 9.41. The average Bonchev–Trinajstić information content (AvgIpc) is 3.03. The highest BCUT2D eigenvalue weighted by atomic mass is 16.2.